The van der Waals surface area contributed by atoms with E-state index in [1.807, 2.05) is 0 Å². The van der Waals surface area contributed by atoms with Crippen molar-refractivity contribution in [3.63, 3.8) is 0 Å². The standard InChI is InChI=1S/C22H35NO2/c1-16(2)8-10-25-14-17-3-4-19-12-20(6-5-18(19)11-17)21-7-9-22(23,13-21)15-24/h5-6,12,16-17,21,24H,3-4,7-11,13-15,23H2,1-2H3/t17-,21+,22-/m1/s1. The number of rotatable bonds is 7. The molecule has 0 heterocycles. The van der Waals surface area contributed by atoms with Crippen LogP contribution in [0, 0.1) is 11.8 Å². The molecule has 2 aliphatic carbocycles. The van der Waals surface area contributed by atoms with Crippen LogP contribution in [0.3, 0.4) is 0 Å². The number of aliphatic hydroxyl groups excluding tert-OH is 1. The van der Waals surface area contributed by atoms with E-state index in [0.717, 1.165) is 51.2 Å². The predicted molar refractivity (Wildman–Crippen MR) is 103 cm³/mol. The smallest absolute Gasteiger partial charge is 0.0611 e. The number of benzene rings is 1. The van der Waals surface area contributed by atoms with Crippen LogP contribution in [0.25, 0.3) is 0 Å². The van der Waals surface area contributed by atoms with Gasteiger partial charge in [0.15, 0.2) is 0 Å². The van der Waals surface area contributed by atoms with Crippen molar-refractivity contribution in [3.05, 3.63) is 34.9 Å². The lowest BCUT2D eigenvalue weighted by Gasteiger charge is -2.26. The van der Waals surface area contributed by atoms with Gasteiger partial charge in [0.1, 0.15) is 0 Å². The van der Waals surface area contributed by atoms with Crippen LogP contribution < -0.4 is 5.73 Å². The minimum Gasteiger partial charge on any atom is -0.394 e. The summed E-state index contributed by atoms with van der Waals surface area (Å²) in [6, 6.07) is 7.05. The number of ether oxygens (including phenoxy) is 1. The Labute approximate surface area is 153 Å². The second kappa shape index (κ2) is 8.20. The van der Waals surface area contributed by atoms with Gasteiger partial charge in [0.2, 0.25) is 0 Å². The molecule has 3 N–H and O–H groups in total. The number of aryl methyl sites for hydroxylation is 1. The molecule has 0 spiro atoms. The molecule has 0 bridgehead atoms. The molecule has 3 atom stereocenters. The van der Waals surface area contributed by atoms with Gasteiger partial charge in [0.05, 0.1) is 6.61 Å². The van der Waals surface area contributed by atoms with Crippen molar-refractivity contribution >= 4 is 0 Å². The molecule has 0 radical (unpaired) electrons. The zero-order valence-corrected chi connectivity index (χ0v) is 16.0. The molecule has 25 heavy (non-hydrogen) atoms. The summed E-state index contributed by atoms with van der Waals surface area (Å²) < 4.78 is 5.90. The maximum Gasteiger partial charge on any atom is 0.0611 e. The van der Waals surface area contributed by atoms with Gasteiger partial charge in [-0.2, -0.15) is 0 Å². The molecule has 3 heteroatoms. The van der Waals surface area contributed by atoms with E-state index in [1.165, 1.54) is 29.5 Å². The van der Waals surface area contributed by atoms with Crippen molar-refractivity contribution in [1.29, 1.82) is 0 Å². The monoisotopic (exact) mass is 345 g/mol. The first kappa shape index (κ1) is 18.9. The molecular formula is C22H35NO2. The van der Waals surface area contributed by atoms with Gasteiger partial charge < -0.3 is 15.6 Å². The SMILES string of the molecule is CC(C)CCOC[C@@H]1CCc2cc([C@H]3CC[C@](N)(CO)C3)ccc2C1. The molecule has 3 rings (SSSR count). The lowest BCUT2D eigenvalue weighted by atomic mass is 9.82. The van der Waals surface area contributed by atoms with Crippen LogP contribution in [-0.4, -0.2) is 30.5 Å². The molecule has 3 nitrogen and oxygen atoms in total. The number of hydrogen-bond acceptors (Lipinski definition) is 3. The molecule has 1 fully saturated rings. The van der Waals surface area contributed by atoms with Crippen molar-refractivity contribution in [2.75, 3.05) is 19.8 Å². The van der Waals surface area contributed by atoms with Crippen LogP contribution in [0.15, 0.2) is 18.2 Å². The summed E-state index contributed by atoms with van der Waals surface area (Å²) in [5.41, 5.74) is 10.3. The highest BCUT2D eigenvalue weighted by Gasteiger charge is 2.36. The Morgan fingerprint density at radius 2 is 2.12 bits per heavy atom. The molecule has 0 unspecified atom stereocenters. The first-order valence-electron chi connectivity index (χ1n) is 10.1. The van der Waals surface area contributed by atoms with Crippen molar-refractivity contribution in [3.8, 4) is 0 Å². The summed E-state index contributed by atoms with van der Waals surface area (Å²) in [5.74, 6) is 1.90. The van der Waals surface area contributed by atoms with Gasteiger partial charge in [-0.15, -0.1) is 0 Å². The number of fused-ring (bicyclic) bond motifs is 1. The first-order valence-corrected chi connectivity index (χ1v) is 10.1. The Morgan fingerprint density at radius 3 is 2.84 bits per heavy atom. The Kier molecular flexibility index (Phi) is 6.19. The number of hydrogen-bond donors (Lipinski definition) is 2. The largest absolute Gasteiger partial charge is 0.394 e. The third kappa shape index (κ3) is 4.84. The van der Waals surface area contributed by atoms with Gasteiger partial charge in [-0.3, -0.25) is 0 Å². The molecule has 0 saturated heterocycles. The van der Waals surface area contributed by atoms with Gasteiger partial charge >= 0.3 is 0 Å². The molecule has 0 aliphatic heterocycles. The minimum absolute atomic E-state index is 0.104. The molecule has 1 saturated carbocycles. The zero-order valence-electron chi connectivity index (χ0n) is 16.0. The average Bonchev–Trinajstić information content (AvgIpc) is 3.01. The minimum atomic E-state index is -0.362. The lowest BCUT2D eigenvalue weighted by Crippen LogP contribution is -2.40. The summed E-state index contributed by atoms with van der Waals surface area (Å²) in [7, 11) is 0. The van der Waals surface area contributed by atoms with E-state index in [1.54, 1.807) is 0 Å². The van der Waals surface area contributed by atoms with Crippen molar-refractivity contribution in [2.45, 2.75) is 70.3 Å². The van der Waals surface area contributed by atoms with E-state index < -0.39 is 0 Å². The fourth-order valence-electron chi connectivity index (χ4n) is 4.40. The molecule has 140 valence electrons. The second-order valence-electron chi connectivity index (χ2n) is 8.85. The predicted octanol–water partition coefficient (Wildman–Crippen LogP) is 3.81. The van der Waals surface area contributed by atoms with E-state index >= 15 is 0 Å². The summed E-state index contributed by atoms with van der Waals surface area (Å²) in [4.78, 5) is 0. The van der Waals surface area contributed by atoms with E-state index in [9.17, 15) is 5.11 Å². The molecule has 1 aromatic rings. The van der Waals surface area contributed by atoms with Crippen LogP contribution >= 0.6 is 0 Å². The van der Waals surface area contributed by atoms with Gasteiger partial charge in [0.25, 0.3) is 0 Å². The van der Waals surface area contributed by atoms with Crippen LogP contribution in [0.2, 0.25) is 0 Å². The molecule has 2 aliphatic rings. The lowest BCUT2D eigenvalue weighted by molar-refractivity contribution is 0.0865. The van der Waals surface area contributed by atoms with Crippen LogP contribution in [0.4, 0.5) is 0 Å². The van der Waals surface area contributed by atoms with Gasteiger partial charge in [-0.05, 0) is 79.4 Å². The molecule has 0 aromatic heterocycles. The summed E-state index contributed by atoms with van der Waals surface area (Å²) in [6.45, 7) is 6.40. The zero-order chi connectivity index (χ0) is 17.9. The van der Waals surface area contributed by atoms with E-state index in [2.05, 4.69) is 32.0 Å². The van der Waals surface area contributed by atoms with Crippen LogP contribution in [0.5, 0.6) is 0 Å². The Hall–Kier alpha value is -0.900. The maximum absolute atomic E-state index is 9.49. The third-order valence-corrected chi connectivity index (χ3v) is 6.18. The summed E-state index contributed by atoms with van der Waals surface area (Å²) in [5, 5.41) is 9.49. The molecular weight excluding hydrogens is 310 g/mol. The van der Waals surface area contributed by atoms with Crippen molar-refractivity contribution < 1.29 is 9.84 Å². The summed E-state index contributed by atoms with van der Waals surface area (Å²) >= 11 is 0. The highest BCUT2D eigenvalue weighted by Crippen LogP contribution is 2.40. The Bertz CT molecular complexity index is 571. The fraction of sp³-hybridized carbons (Fsp3) is 0.727. The Balaban J connectivity index is 1.55. The quantitative estimate of drug-likeness (QED) is 0.739. The molecule has 1 aromatic carbocycles. The first-order chi connectivity index (χ1) is 12.0. The van der Waals surface area contributed by atoms with E-state index in [4.69, 9.17) is 10.5 Å². The van der Waals surface area contributed by atoms with Crippen molar-refractivity contribution in [2.24, 2.45) is 17.6 Å². The second-order valence-corrected chi connectivity index (χ2v) is 8.85. The maximum atomic E-state index is 9.49. The average molecular weight is 346 g/mol. The third-order valence-electron chi connectivity index (χ3n) is 6.18. The number of aliphatic hydroxyl groups is 1. The van der Waals surface area contributed by atoms with E-state index in [0.29, 0.717) is 11.8 Å². The van der Waals surface area contributed by atoms with Gasteiger partial charge in [-0.25, -0.2) is 0 Å². The van der Waals surface area contributed by atoms with Gasteiger partial charge in [-0.1, -0.05) is 32.0 Å². The van der Waals surface area contributed by atoms with Crippen LogP contribution in [-0.2, 0) is 17.6 Å². The Morgan fingerprint density at radius 1 is 1.28 bits per heavy atom. The molecule has 0 amide bonds. The van der Waals surface area contributed by atoms with E-state index in [-0.39, 0.29) is 12.1 Å². The van der Waals surface area contributed by atoms with Crippen LogP contribution in [0.1, 0.15) is 68.6 Å². The highest BCUT2D eigenvalue weighted by atomic mass is 16.5. The highest BCUT2D eigenvalue weighted by molar-refractivity contribution is 5.36. The fourth-order valence-corrected chi connectivity index (χ4v) is 4.40. The normalized spacial score (nSPS) is 29.2. The topological polar surface area (TPSA) is 55.5 Å². The van der Waals surface area contributed by atoms with Gasteiger partial charge in [0, 0.05) is 18.8 Å². The summed E-state index contributed by atoms with van der Waals surface area (Å²) in [6.07, 6.45) is 7.66. The van der Waals surface area contributed by atoms with Crippen molar-refractivity contribution in [1.82, 2.24) is 0 Å². The number of nitrogens with two attached hydrogens (primary N) is 1.